The molecule has 0 fully saturated rings. The quantitative estimate of drug-likeness (QED) is 0.477. The lowest BCUT2D eigenvalue weighted by Gasteiger charge is -2.07. The molecule has 0 unspecified atom stereocenters. The van der Waals surface area contributed by atoms with Crippen molar-refractivity contribution in [1.82, 2.24) is 4.40 Å². The molecule has 0 aliphatic heterocycles. The molecule has 3 nitrogen and oxygen atoms in total. The summed E-state index contributed by atoms with van der Waals surface area (Å²) in [5.74, 6) is 0.850. The molecule has 4 aromatic rings. The van der Waals surface area contributed by atoms with Gasteiger partial charge in [-0.15, -0.1) is 0 Å². The number of hydrogen-bond acceptors (Lipinski definition) is 1. The Morgan fingerprint density at radius 1 is 0.885 bits per heavy atom. The Morgan fingerprint density at radius 2 is 1.65 bits per heavy atom. The average Bonchev–Trinajstić information content (AvgIpc) is 3.06. The summed E-state index contributed by atoms with van der Waals surface area (Å²) >= 11 is 6.32. The van der Waals surface area contributed by atoms with Crippen molar-refractivity contribution in [2.75, 3.05) is 0 Å². The fourth-order valence-corrected chi connectivity index (χ4v) is 3.11. The van der Waals surface area contributed by atoms with Crippen molar-refractivity contribution >= 4 is 17.2 Å². The molecule has 5 heteroatoms. The summed E-state index contributed by atoms with van der Waals surface area (Å²) in [6, 6.07) is 22.1. The average molecular weight is 385 g/mol. The van der Waals surface area contributed by atoms with Crippen LogP contribution in [0.1, 0.15) is 11.1 Å². The van der Waals surface area contributed by atoms with Gasteiger partial charge >= 0.3 is 5.65 Å². The standard InChI is InChI=1S/C21H18ClN2O.ClH/c22-19-10-5-4-9-18(19)15-24-14-13-23-12-6-11-20(21(23)24)25-16-17-7-2-1-3-8-17;/h1-14H,15-16H2;1H/q+1;/p-1. The zero-order valence-electron chi connectivity index (χ0n) is 14.1. The summed E-state index contributed by atoms with van der Waals surface area (Å²) < 4.78 is 10.3. The number of halogens is 2. The van der Waals surface area contributed by atoms with Crippen LogP contribution in [0.5, 0.6) is 5.75 Å². The fraction of sp³-hybridized carbons (Fsp3) is 0.0952. The van der Waals surface area contributed by atoms with Crippen LogP contribution < -0.4 is 21.7 Å². The van der Waals surface area contributed by atoms with E-state index in [0.29, 0.717) is 13.2 Å². The van der Waals surface area contributed by atoms with E-state index in [1.54, 1.807) is 0 Å². The molecule has 0 atom stereocenters. The van der Waals surface area contributed by atoms with E-state index in [1.165, 1.54) is 0 Å². The second-order valence-electron chi connectivity index (χ2n) is 5.90. The summed E-state index contributed by atoms with van der Waals surface area (Å²) in [4.78, 5) is 0. The van der Waals surface area contributed by atoms with Gasteiger partial charge in [0.05, 0.1) is 6.20 Å². The second-order valence-corrected chi connectivity index (χ2v) is 6.30. The zero-order chi connectivity index (χ0) is 17.1. The van der Waals surface area contributed by atoms with Crippen molar-refractivity contribution < 1.29 is 21.7 Å². The van der Waals surface area contributed by atoms with Crippen LogP contribution in [-0.4, -0.2) is 4.40 Å². The van der Waals surface area contributed by atoms with E-state index in [2.05, 4.69) is 21.1 Å². The highest BCUT2D eigenvalue weighted by atomic mass is 35.5. The van der Waals surface area contributed by atoms with E-state index < -0.39 is 0 Å². The normalized spacial score (nSPS) is 10.5. The highest BCUT2D eigenvalue weighted by Gasteiger charge is 2.17. The molecule has 2 aromatic carbocycles. The molecule has 0 saturated carbocycles. The molecule has 0 aliphatic rings. The number of imidazole rings is 1. The third-order valence-corrected chi connectivity index (χ3v) is 4.54. The van der Waals surface area contributed by atoms with Crippen molar-refractivity contribution in [3.05, 3.63) is 101 Å². The predicted molar refractivity (Wildman–Crippen MR) is 98.9 cm³/mol. The summed E-state index contributed by atoms with van der Waals surface area (Å²) in [6.45, 7) is 1.24. The minimum absolute atomic E-state index is 0. The van der Waals surface area contributed by atoms with Gasteiger partial charge in [0.25, 0.3) is 0 Å². The Hall–Kier alpha value is -2.49. The molecule has 132 valence electrons. The van der Waals surface area contributed by atoms with Gasteiger partial charge < -0.3 is 17.1 Å². The van der Waals surface area contributed by atoms with E-state index in [0.717, 1.165) is 27.5 Å². The first-order valence-corrected chi connectivity index (χ1v) is 8.58. The number of rotatable bonds is 5. The Morgan fingerprint density at radius 3 is 2.46 bits per heavy atom. The van der Waals surface area contributed by atoms with Gasteiger partial charge in [-0.05, 0) is 23.8 Å². The molecular formula is C21H18Cl2N2O. The lowest BCUT2D eigenvalue weighted by Crippen LogP contribution is -3.00. The Labute approximate surface area is 163 Å². The maximum absolute atomic E-state index is 6.32. The molecule has 0 bridgehead atoms. The minimum Gasteiger partial charge on any atom is -1.00 e. The molecule has 2 heterocycles. The molecule has 4 rings (SSSR count). The van der Waals surface area contributed by atoms with Crippen molar-refractivity contribution in [1.29, 1.82) is 0 Å². The first-order valence-electron chi connectivity index (χ1n) is 8.20. The molecular weight excluding hydrogens is 367 g/mol. The van der Waals surface area contributed by atoms with Crippen LogP contribution in [0.3, 0.4) is 0 Å². The lowest BCUT2D eigenvalue weighted by molar-refractivity contribution is -0.662. The molecule has 0 radical (unpaired) electrons. The molecule has 0 aliphatic carbocycles. The Balaban J connectivity index is 0.00000196. The molecule has 0 N–H and O–H groups in total. The molecule has 0 amide bonds. The van der Waals surface area contributed by atoms with Gasteiger partial charge in [-0.25, -0.2) is 4.57 Å². The van der Waals surface area contributed by atoms with E-state index >= 15 is 0 Å². The summed E-state index contributed by atoms with van der Waals surface area (Å²) in [5, 5.41) is 0.775. The summed E-state index contributed by atoms with van der Waals surface area (Å²) in [5.41, 5.74) is 3.24. The number of nitrogens with zero attached hydrogens (tertiary/aromatic N) is 2. The van der Waals surface area contributed by atoms with Crippen LogP contribution in [0.15, 0.2) is 85.3 Å². The summed E-state index contributed by atoms with van der Waals surface area (Å²) in [6.07, 6.45) is 6.10. The lowest BCUT2D eigenvalue weighted by atomic mass is 10.2. The van der Waals surface area contributed by atoms with Gasteiger partial charge in [-0.2, -0.15) is 4.40 Å². The third kappa shape index (κ3) is 3.85. The van der Waals surface area contributed by atoms with Crippen LogP contribution >= 0.6 is 11.6 Å². The van der Waals surface area contributed by atoms with E-state index in [1.807, 2.05) is 73.2 Å². The van der Waals surface area contributed by atoms with Gasteiger partial charge in [0, 0.05) is 10.6 Å². The highest BCUT2D eigenvalue weighted by Crippen LogP contribution is 2.20. The Bertz CT molecular complexity index is 999. The van der Waals surface area contributed by atoms with Crippen LogP contribution in [0, 0.1) is 0 Å². The molecule has 0 spiro atoms. The van der Waals surface area contributed by atoms with Gasteiger partial charge in [0.15, 0.2) is 0 Å². The summed E-state index contributed by atoms with van der Waals surface area (Å²) in [7, 11) is 0. The number of hydrogen-bond donors (Lipinski definition) is 0. The zero-order valence-corrected chi connectivity index (χ0v) is 15.6. The van der Waals surface area contributed by atoms with Crippen molar-refractivity contribution in [2.24, 2.45) is 0 Å². The van der Waals surface area contributed by atoms with Crippen LogP contribution in [0.25, 0.3) is 5.65 Å². The predicted octanol–water partition coefficient (Wildman–Crippen LogP) is 1.51. The maximum Gasteiger partial charge on any atom is 0.329 e. The van der Waals surface area contributed by atoms with Crippen molar-refractivity contribution in [2.45, 2.75) is 13.2 Å². The highest BCUT2D eigenvalue weighted by molar-refractivity contribution is 6.31. The van der Waals surface area contributed by atoms with Gasteiger partial charge in [-0.1, -0.05) is 60.1 Å². The first-order chi connectivity index (χ1) is 12.3. The van der Waals surface area contributed by atoms with Crippen LogP contribution in [0.2, 0.25) is 5.02 Å². The number of benzene rings is 2. The number of pyridine rings is 1. The SMILES string of the molecule is Clc1ccccc1C[n+]1ccn2cccc(OCc3ccccc3)c21.[Cl-]. The monoisotopic (exact) mass is 384 g/mol. The van der Waals surface area contributed by atoms with E-state index in [-0.39, 0.29) is 12.4 Å². The Kier molecular flexibility index (Phi) is 5.82. The van der Waals surface area contributed by atoms with Crippen LogP contribution in [0.4, 0.5) is 0 Å². The smallest absolute Gasteiger partial charge is 0.329 e. The maximum atomic E-state index is 6.32. The fourth-order valence-electron chi connectivity index (χ4n) is 2.91. The van der Waals surface area contributed by atoms with E-state index in [4.69, 9.17) is 16.3 Å². The van der Waals surface area contributed by atoms with Crippen LogP contribution in [-0.2, 0) is 13.2 Å². The molecule has 0 saturated heterocycles. The first kappa shape index (κ1) is 18.3. The number of fused-ring (bicyclic) bond motifs is 1. The van der Waals surface area contributed by atoms with Crippen molar-refractivity contribution in [3.63, 3.8) is 0 Å². The van der Waals surface area contributed by atoms with Crippen molar-refractivity contribution in [3.8, 4) is 5.75 Å². The second kappa shape index (κ2) is 8.26. The topological polar surface area (TPSA) is 17.5 Å². The number of aromatic nitrogens is 2. The van der Waals surface area contributed by atoms with Gasteiger partial charge in [-0.3, -0.25) is 0 Å². The van der Waals surface area contributed by atoms with Gasteiger partial charge in [0.1, 0.15) is 25.5 Å². The molecule has 2 aromatic heterocycles. The molecule has 26 heavy (non-hydrogen) atoms. The number of ether oxygens (including phenoxy) is 1. The van der Waals surface area contributed by atoms with E-state index in [9.17, 15) is 0 Å². The largest absolute Gasteiger partial charge is 1.00 e. The van der Waals surface area contributed by atoms with Gasteiger partial charge in [0.2, 0.25) is 5.75 Å². The third-order valence-electron chi connectivity index (χ3n) is 4.17. The minimum atomic E-state index is 0.